The van der Waals surface area contributed by atoms with Crippen molar-refractivity contribution in [3.8, 4) is 0 Å². The van der Waals surface area contributed by atoms with Gasteiger partial charge in [-0.05, 0) is 31.2 Å². The lowest BCUT2D eigenvalue weighted by Crippen LogP contribution is -2.43. The number of benzene rings is 1. The quantitative estimate of drug-likeness (QED) is 0.490. The topological polar surface area (TPSA) is 115 Å². The SMILES string of the molecule is CC(NS(=O)(=O)CCSc1ccc(N)cc1)C(N)=O. The molecular formula is C11H17N3O3S2. The van der Waals surface area contributed by atoms with E-state index in [0.717, 1.165) is 4.90 Å². The maximum atomic E-state index is 11.6. The van der Waals surface area contributed by atoms with Crippen LogP contribution < -0.4 is 16.2 Å². The predicted molar refractivity (Wildman–Crippen MR) is 77.2 cm³/mol. The van der Waals surface area contributed by atoms with Gasteiger partial charge in [0.25, 0.3) is 0 Å². The van der Waals surface area contributed by atoms with Crippen LogP contribution in [0, 0.1) is 0 Å². The van der Waals surface area contributed by atoms with Gasteiger partial charge < -0.3 is 11.5 Å². The monoisotopic (exact) mass is 303 g/mol. The molecule has 0 heterocycles. The minimum atomic E-state index is -3.50. The van der Waals surface area contributed by atoms with Gasteiger partial charge in [0.1, 0.15) is 0 Å². The summed E-state index contributed by atoms with van der Waals surface area (Å²) < 4.78 is 25.5. The number of hydrogen-bond donors (Lipinski definition) is 3. The Bertz CT molecular complexity index is 529. The summed E-state index contributed by atoms with van der Waals surface area (Å²) in [5, 5.41) is 0. The molecule has 6 nitrogen and oxygen atoms in total. The van der Waals surface area contributed by atoms with Gasteiger partial charge in [-0.2, -0.15) is 0 Å². The highest BCUT2D eigenvalue weighted by atomic mass is 32.2. The van der Waals surface area contributed by atoms with Crippen LogP contribution in [-0.4, -0.2) is 31.9 Å². The highest BCUT2D eigenvalue weighted by Crippen LogP contribution is 2.19. The largest absolute Gasteiger partial charge is 0.399 e. The van der Waals surface area contributed by atoms with E-state index in [0.29, 0.717) is 11.4 Å². The van der Waals surface area contributed by atoms with Crippen molar-refractivity contribution in [1.29, 1.82) is 0 Å². The fourth-order valence-electron chi connectivity index (χ4n) is 1.22. The van der Waals surface area contributed by atoms with Crippen LogP contribution in [-0.2, 0) is 14.8 Å². The van der Waals surface area contributed by atoms with E-state index in [4.69, 9.17) is 11.5 Å². The highest BCUT2D eigenvalue weighted by Gasteiger charge is 2.17. The number of rotatable bonds is 7. The van der Waals surface area contributed by atoms with E-state index in [2.05, 4.69) is 4.72 Å². The first kappa shape index (κ1) is 15.8. The number of primary amides is 1. The number of hydrogen-bond acceptors (Lipinski definition) is 5. The van der Waals surface area contributed by atoms with Crippen LogP contribution in [0.2, 0.25) is 0 Å². The van der Waals surface area contributed by atoms with E-state index in [1.807, 2.05) is 12.1 Å². The number of anilines is 1. The van der Waals surface area contributed by atoms with Crippen molar-refractivity contribution in [2.24, 2.45) is 5.73 Å². The molecule has 1 aromatic carbocycles. The number of amides is 1. The van der Waals surface area contributed by atoms with Gasteiger partial charge in [0.05, 0.1) is 11.8 Å². The lowest BCUT2D eigenvalue weighted by molar-refractivity contribution is -0.119. The van der Waals surface area contributed by atoms with Crippen LogP contribution in [0.1, 0.15) is 6.92 Å². The van der Waals surface area contributed by atoms with Crippen LogP contribution in [0.4, 0.5) is 5.69 Å². The standard InChI is InChI=1S/C11H17N3O3S2/c1-8(11(13)15)14-19(16,17)7-6-18-10-4-2-9(12)3-5-10/h2-5,8,14H,6-7,12H2,1H3,(H2,13,15). The fourth-order valence-corrected chi connectivity index (χ4v) is 3.77. The summed E-state index contributed by atoms with van der Waals surface area (Å²) in [6.07, 6.45) is 0. The molecule has 8 heteroatoms. The molecule has 0 aromatic heterocycles. The molecule has 0 aliphatic heterocycles. The summed E-state index contributed by atoms with van der Waals surface area (Å²) in [4.78, 5) is 11.7. The molecule has 0 saturated heterocycles. The van der Waals surface area contributed by atoms with Gasteiger partial charge in [0.15, 0.2) is 0 Å². The Balaban J connectivity index is 2.43. The number of nitrogens with two attached hydrogens (primary N) is 2. The maximum Gasteiger partial charge on any atom is 0.235 e. The van der Waals surface area contributed by atoms with E-state index in [9.17, 15) is 13.2 Å². The third kappa shape index (κ3) is 5.95. The summed E-state index contributed by atoms with van der Waals surface area (Å²) in [7, 11) is -3.50. The molecule has 1 aromatic rings. The Labute approximate surface area is 117 Å². The molecule has 106 valence electrons. The van der Waals surface area contributed by atoms with Crippen molar-refractivity contribution in [2.45, 2.75) is 17.9 Å². The molecule has 0 aliphatic carbocycles. The van der Waals surface area contributed by atoms with Crippen LogP contribution in [0.25, 0.3) is 0 Å². The molecule has 0 spiro atoms. The maximum absolute atomic E-state index is 11.6. The molecule has 1 amide bonds. The van der Waals surface area contributed by atoms with Crippen molar-refractivity contribution in [3.63, 3.8) is 0 Å². The third-order valence-electron chi connectivity index (χ3n) is 2.28. The van der Waals surface area contributed by atoms with Crippen molar-refractivity contribution < 1.29 is 13.2 Å². The van der Waals surface area contributed by atoms with E-state index < -0.39 is 22.0 Å². The Morgan fingerprint density at radius 2 is 1.95 bits per heavy atom. The van der Waals surface area contributed by atoms with Crippen LogP contribution >= 0.6 is 11.8 Å². The molecule has 19 heavy (non-hydrogen) atoms. The summed E-state index contributed by atoms with van der Waals surface area (Å²) >= 11 is 1.40. The molecule has 1 atom stereocenters. The Hall–Kier alpha value is -1.25. The summed E-state index contributed by atoms with van der Waals surface area (Å²) in [6.45, 7) is 1.41. The number of nitrogens with one attached hydrogen (secondary N) is 1. The summed E-state index contributed by atoms with van der Waals surface area (Å²) in [5.74, 6) is -0.403. The molecule has 0 radical (unpaired) electrons. The highest BCUT2D eigenvalue weighted by molar-refractivity contribution is 8.00. The fraction of sp³-hybridized carbons (Fsp3) is 0.364. The first-order valence-electron chi connectivity index (χ1n) is 5.58. The van der Waals surface area contributed by atoms with Gasteiger partial charge in [-0.1, -0.05) is 0 Å². The van der Waals surface area contributed by atoms with Crippen molar-refractivity contribution in [2.75, 3.05) is 17.2 Å². The van der Waals surface area contributed by atoms with Gasteiger partial charge in [-0.15, -0.1) is 11.8 Å². The van der Waals surface area contributed by atoms with Crippen molar-refractivity contribution in [1.82, 2.24) is 4.72 Å². The molecule has 5 N–H and O–H groups in total. The number of carbonyl (C=O) groups excluding carboxylic acids is 1. The van der Waals surface area contributed by atoms with Gasteiger partial charge in [0, 0.05) is 16.3 Å². The normalized spacial score (nSPS) is 13.1. The second-order valence-electron chi connectivity index (χ2n) is 3.98. The Morgan fingerprint density at radius 1 is 1.37 bits per heavy atom. The summed E-state index contributed by atoms with van der Waals surface area (Å²) in [5.41, 5.74) is 11.2. The van der Waals surface area contributed by atoms with E-state index in [1.54, 1.807) is 12.1 Å². The molecule has 0 bridgehead atoms. The molecular weight excluding hydrogens is 286 g/mol. The number of thioether (sulfide) groups is 1. The molecule has 0 fully saturated rings. The van der Waals surface area contributed by atoms with Gasteiger partial charge >= 0.3 is 0 Å². The van der Waals surface area contributed by atoms with Crippen molar-refractivity contribution in [3.05, 3.63) is 24.3 Å². The third-order valence-corrected chi connectivity index (χ3v) is 5.01. The Morgan fingerprint density at radius 3 is 2.47 bits per heavy atom. The first-order chi connectivity index (χ1) is 8.80. The molecule has 1 unspecified atom stereocenters. The zero-order chi connectivity index (χ0) is 14.5. The van der Waals surface area contributed by atoms with E-state index in [-0.39, 0.29) is 5.75 Å². The minimum Gasteiger partial charge on any atom is -0.399 e. The molecule has 0 saturated carbocycles. The predicted octanol–water partition coefficient (Wildman–Crippen LogP) is 0.154. The zero-order valence-corrected chi connectivity index (χ0v) is 12.1. The van der Waals surface area contributed by atoms with E-state index in [1.165, 1.54) is 18.7 Å². The van der Waals surface area contributed by atoms with Crippen LogP contribution in [0.5, 0.6) is 0 Å². The average molecular weight is 303 g/mol. The number of sulfonamides is 1. The van der Waals surface area contributed by atoms with Gasteiger partial charge in [-0.3, -0.25) is 4.79 Å². The Kier molecular flexibility index (Phi) is 5.64. The lowest BCUT2D eigenvalue weighted by Gasteiger charge is -2.10. The summed E-state index contributed by atoms with van der Waals surface area (Å²) in [6, 6.07) is 6.26. The van der Waals surface area contributed by atoms with Gasteiger partial charge in [0.2, 0.25) is 15.9 Å². The molecule has 1 rings (SSSR count). The second kappa shape index (κ2) is 6.78. The lowest BCUT2D eigenvalue weighted by atomic mass is 10.3. The molecule has 0 aliphatic rings. The zero-order valence-electron chi connectivity index (χ0n) is 10.5. The van der Waals surface area contributed by atoms with Crippen LogP contribution in [0.3, 0.4) is 0 Å². The second-order valence-corrected chi connectivity index (χ2v) is 7.02. The van der Waals surface area contributed by atoms with Crippen LogP contribution in [0.15, 0.2) is 29.2 Å². The van der Waals surface area contributed by atoms with E-state index >= 15 is 0 Å². The minimum absolute atomic E-state index is 0.0837. The number of carbonyl (C=O) groups is 1. The van der Waals surface area contributed by atoms with Crippen molar-refractivity contribution >= 4 is 33.4 Å². The smallest absolute Gasteiger partial charge is 0.235 e. The number of nitrogen functional groups attached to an aromatic ring is 1. The van der Waals surface area contributed by atoms with Gasteiger partial charge in [-0.25, -0.2) is 13.1 Å². The average Bonchev–Trinajstić information content (AvgIpc) is 2.30. The first-order valence-corrected chi connectivity index (χ1v) is 8.21.